The van der Waals surface area contributed by atoms with Crippen LogP contribution in [0.2, 0.25) is 0 Å². The van der Waals surface area contributed by atoms with E-state index in [0.717, 1.165) is 6.20 Å². The van der Waals surface area contributed by atoms with Crippen LogP contribution >= 0.6 is 0 Å². The summed E-state index contributed by atoms with van der Waals surface area (Å²) >= 11 is 0. The van der Waals surface area contributed by atoms with E-state index in [1.807, 2.05) is 0 Å². The van der Waals surface area contributed by atoms with Crippen LogP contribution < -0.4 is 4.74 Å². The monoisotopic (exact) mass is 248 g/mol. The third-order valence-corrected chi connectivity index (χ3v) is 2.13. The van der Waals surface area contributed by atoms with E-state index >= 15 is 0 Å². The zero-order valence-corrected chi connectivity index (χ0v) is 9.21. The topological polar surface area (TPSA) is 72.3 Å². The summed E-state index contributed by atoms with van der Waals surface area (Å²) in [4.78, 5) is 18.2. The second kappa shape index (κ2) is 5.22. The number of nitrogens with zero attached hydrogens (tertiary/aromatic N) is 2. The number of carboxylic acids is 1. The Morgan fingerprint density at radius 1 is 1.44 bits per heavy atom. The predicted molar refractivity (Wildman–Crippen MR) is 59.7 cm³/mol. The van der Waals surface area contributed by atoms with Gasteiger partial charge in [0, 0.05) is 18.0 Å². The number of carboxylic acid groups (broad SMARTS) is 1. The molecule has 2 rings (SSSR count). The van der Waals surface area contributed by atoms with Crippen molar-refractivity contribution in [2.45, 2.75) is 6.61 Å². The van der Waals surface area contributed by atoms with E-state index in [0.29, 0.717) is 5.56 Å². The average Bonchev–Trinajstić information content (AvgIpc) is 2.37. The highest BCUT2D eigenvalue weighted by atomic mass is 19.1. The Balaban J connectivity index is 2.13. The summed E-state index contributed by atoms with van der Waals surface area (Å²) in [6.07, 6.45) is 3.89. The van der Waals surface area contributed by atoms with E-state index < -0.39 is 11.8 Å². The van der Waals surface area contributed by atoms with Crippen LogP contribution in [-0.2, 0) is 6.61 Å². The average molecular weight is 248 g/mol. The molecule has 1 N–H and O–H groups in total. The molecule has 2 aromatic rings. The van der Waals surface area contributed by atoms with Crippen LogP contribution in [0, 0.1) is 5.82 Å². The molecule has 5 nitrogen and oxygen atoms in total. The molecule has 0 fully saturated rings. The molecular formula is C12H9FN2O3. The first-order valence-corrected chi connectivity index (χ1v) is 5.07. The Morgan fingerprint density at radius 3 is 3.00 bits per heavy atom. The van der Waals surface area contributed by atoms with Crippen molar-refractivity contribution in [1.82, 2.24) is 9.97 Å². The largest absolute Gasteiger partial charge is 0.486 e. The van der Waals surface area contributed by atoms with E-state index in [-0.39, 0.29) is 18.1 Å². The lowest BCUT2D eigenvalue weighted by molar-refractivity contribution is 0.0685. The number of hydrogen-bond acceptors (Lipinski definition) is 4. The molecule has 0 amide bonds. The summed E-state index contributed by atoms with van der Waals surface area (Å²) < 4.78 is 18.2. The second-order valence-electron chi connectivity index (χ2n) is 3.46. The molecule has 18 heavy (non-hydrogen) atoms. The van der Waals surface area contributed by atoms with Gasteiger partial charge in [-0.05, 0) is 18.2 Å². The van der Waals surface area contributed by atoms with Gasteiger partial charge < -0.3 is 9.84 Å². The first kappa shape index (κ1) is 12.0. The Labute approximate surface area is 102 Å². The maximum Gasteiger partial charge on any atom is 0.358 e. The Kier molecular flexibility index (Phi) is 3.47. The highest BCUT2D eigenvalue weighted by molar-refractivity contribution is 5.88. The van der Waals surface area contributed by atoms with Crippen LogP contribution in [0.15, 0.2) is 36.8 Å². The summed E-state index contributed by atoms with van der Waals surface area (Å²) in [6, 6.07) is 4.32. The molecule has 0 spiro atoms. The fraction of sp³-hybridized carbons (Fsp3) is 0.0833. The van der Waals surface area contributed by atoms with Crippen molar-refractivity contribution in [2.75, 3.05) is 0 Å². The lowest BCUT2D eigenvalue weighted by atomic mass is 10.3. The van der Waals surface area contributed by atoms with Crippen molar-refractivity contribution < 1.29 is 19.0 Å². The molecular weight excluding hydrogens is 239 g/mol. The number of pyridine rings is 2. The zero-order chi connectivity index (χ0) is 13.0. The lowest BCUT2D eigenvalue weighted by Crippen LogP contribution is -2.05. The normalized spacial score (nSPS) is 10.1. The summed E-state index contributed by atoms with van der Waals surface area (Å²) in [5.74, 6) is -1.52. The fourth-order valence-corrected chi connectivity index (χ4v) is 1.36. The van der Waals surface area contributed by atoms with Gasteiger partial charge >= 0.3 is 5.97 Å². The molecule has 92 valence electrons. The van der Waals surface area contributed by atoms with E-state index in [4.69, 9.17) is 9.84 Å². The molecule has 0 aromatic carbocycles. The van der Waals surface area contributed by atoms with Gasteiger partial charge in [0.25, 0.3) is 0 Å². The Bertz CT molecular complexity index is 575. The zero-order valence-electron chi connectivity index (χ0n) is 9.21. The fourth-order valence-electron chi connectivity index (χ4n) is 1.36. The molecule has 0 saturated carbocycles. The molecule has 0 unspecified atom stereocenters. The first-order chi connectivity index (χ1) is 8.66. The number of rotatable bonds is 4. The van der Waals surface area contributed by atoms with Crippen LogP contribution in [0.4, 0.5) is 4.39 Å². The Hall–Kier alpha value is -2.50. The van der Waals surface area contributed by atoms with Gasteiger partial charge in [-0.25, -0.2) is 14.2 Å². The highest BCUT2D eigenvalue weighted by Crippen LogP contribution is 2.16. The minimum atomic E-state index is -1.18. The molecule has 0 atom stereocenters. The standard InChI is InChI=1S/C12H9FN2O3/c13-9-4-8(5-14-6-9)7-18-10-2-1-3-15-11(10)12(16)17/h1-6H,7H2,(H,16,17). The lowest BCUT2D eigenvalue weighted by Gasteiger charge is -2.07. The second-order valence-corrected chi connectivity index (χ2v) is 3.46. The number of halogens is 1. The van der Waals surface area contributed by atoms with E-state index in [2.05, 4.69) is 9.97 Å². The van der Waals surface area contributed by atoms with Crippen molar-refractivity contribution in [1.29, 1.82) is 0 Å². The molecule has 2 heterocycles. The van der Waals surface area contributed by atoms with Crippen LogP contribution in [-0.4, -0.2) is 21.0 Å². The van der Waals surface area contributed by atoms with Gasteiger partial charge in [0.2, 0.25) is 0 Å². The highest BCUT2D eigenvalue weighted by Gasteiger charge is 2.12. The van der Waals surface area contributed by atoms with Crippen LogP contribution in [0.25, 0.3) is 0 Å². The molecule has 0 aliphatic heterocycles. The van der Waals surface area contributed by atoms with Gasteiger partial charge in [-0.3, -0.25) is 4.98 Å². The number of aromatic carboxylic acids is 1. The molecule has 0 aliphatic rings. The number of carbonyl (C=O) groups is 1. The van der Waals surface area contributed by atoms with Crippen molar-refractivity contribution in [2.24, 2.45) is 0 Å². The summed E-state index contributed by atoms with van der Waals surface area (Å²) in [5.41, 5.74) is 0.331. The molecule has 2 aromatic heterocycles. The van der Waals surface area contributed by atoms with Gasteiger partial charge in [0.05, 0.1) is 6.20 Å². The Morgan fingerprint density at radius 2 is 2.28 bits per heavy atom. The van der Waals surface area contributed by atoms with E-state index in [9.17, 15) is 9.18 Å². The van der Waals surface area contributed by atoms with Gasteiger partial charge in [0.1, 0.15) is 12.4 Å². The molecule has 6 heteroatoms. The number of ether oxygens (including phenoxy) is 1. The van der Waals surface area contributed by atoms with Crippen molar-refractivity contribution in [3.05, 3.63) is 53.9 Å². The number of aromatic nitrogens is 2. The number of hydrogen-bond donors (Lipinski definition) is 1. The van der Waals surface area contributed by atoms with Crippen molar-refractivity contribution in [3.63, 3.8) is 0 Å². The van der Waals surface area contributed by atoms with E-state index in [1.165, 1.54) is 24.5 Å². The summed E-state index contributed by atoms with van der Waals surface area (Å²) in [5, 5.41) is 8.89. The van der Waals surface area contributed by atoms with E-state index in [1.54, 1.807) is 6.07 Å². The quantitative estimate of drug-likeness (QED) is 0.894. The van der Waals surface area contributed by atoms with Gasteiger partial charge in [0.15, 0.2) is 11.4 Å². The van der Waals surface area contributed by atoms with Crippen molar-refractivity contribution >= 4 is 5.97 Å². The molecule has 0 saturated heterocycles. The molecule has 0 radical (unpaired) electrons. The SMILES string of the molecule is O=C(O)c1ncccc1OCc1cncc(F)c1. The maximum atomic E-state index is 12.9. The van der Waals surface area contributed by atoms with Gasteiger partial charge in [-0.1, -0.05) is 0 Å². The predicted octanol–water partition coefficient (Wildman–Crippen LogP) is 1.89. The van der Waals surface area contributed by atoms with Crippen LogP contribution in [0.3, 0.4) is 0 Å². The molecule has 0 aliphatic carbocycles. The maximum absolute atomic E-state index is 12.9. The summed E-state index contributed by atoms with van der Waals surface area (Å²) in [7, 11) is 0. The van der Waals surface area contributed by atoms with Gasteiger partial charge in [-0.2, -0.15) is 0 Å². The molecule has 0 bridgehead atoms. The smallest absolute Gasteiger partial charge is 0.358 e. The van der Waals surface area contributed by atoms with Crippen molar-refractivity contribution in [3.8, 4) is 5.75 Å². The van der Waals surface area contributed by atoms with Gasteiger partial charge in [-0.15, -0.1) is 0 Å². The minimum absolute atomic E-state index is 0.0245. The van der Waals surface area contributed by atoms with Crippen LogP contribution in [0.1, 0.15) is 16.1 Å². The summed E-state index contributed by atoms with van der Waals surface area (Å²) in [6.45, 7) is 0.0245. The minimum Gasteiger partial charge on any atom is -0.486 e. The third kappa shape index (κ3) is 2.79. The first-order valence-electron chi connectivity index (χ1n) is 5.07. The third-order valence-electron chi connectivity index (χ3n) is 2.13. The van der Waals surface area contributed by atoms with Crippen LogP contribution in [0.5, 0.6) is 5.75 Å².